The fraction of sp³-hybridized carbons (Fsp3) is 0.500. The number of hydrogen-bond acceptors (Lipinski definition) is 4. The van der Waals surface area contributed by atoms with Gasteiger partial charge in [0.05, 0.1) is 7.11 Å². The van der Waals surface area contributed by atoms with Crippen LogP contribution in [0.15, 0.2) is 5.16 Å². The van der Waals surface area contributed by atoms with E-state index in [1.165, 1.54) is 0 Å². The Bertz CT molecular complexity index is 136. The lowest BCUT2D eigenvalue weighted by molar-refractivity contribution is -0.135. The number of halogens is 2. The summed E-state index contributed by atoms with van der Waals surface area (Å²) in [5, 5.41) is 2.59. The SMILES string of the molecule is COC(=O)/C=N/OC(F)F. The molecule has 0 bridgehead atoms. The zero-order valence-corrected chi connectivity index (χ0v) is 5.08. The summed E-state index contributed by atoms with van der Waals surface area (Å²) in [6.07, 6.45) is 0.506. The Hall–Kier alpha value is -1.20. The molecule has 0 saturated heterocycles. The molecule has 0 aliphatic heterocycles. The van der Waals surface area contributed by atoms with E-state index in [0.717, 1.165) is 7.11 Å². The molecule has 10 heavy (non-hydrogen) atoms. The van der Waals surface area contributed by atoms with Gasteiger partial charge in [0.2, 0.25) is 0 Å². The van der Waals surface area contributed by atoms with Crippen molar-refractivity contribution >= 4 is 12.2 Å². The van der Waals surface area contributed by atoms with Crippen LogP contribution in [-0.2, 0) is 14.4 Å². The molecule has 0 aromatic heterocycles. The molecule has 0 amide bonds. The zero-order valence-electron chi connectivity index (χ0n) is 5.08. The normalized spacial score (nSPS) is 10.4. The molecular weight excluding hydrogens is 148 g/mol. The minimum atomic E-state index is -3.01. The summed E-state index contributed by atoms with van der Waals surface area (Å²) < 4.78 is 26.2. The first-order valence-corrected chi connectivity index (χ1v) is 2.22. The number of nitrogens with zero attached hydrogens (tertiary/aromatic N) is 1. The van der Waals surface area contributed by atoms with Crippen LogP contribution in [0.1, 0.15) is 0 Å². The maximum Gasteiger partial charge on any atom is 0.407 e. The Kier molecular flexibility index (Phi) is 4.10. The highest BCUT2D eigenvalue weighted by Gasteiger charge is 1.99. The topological polar surface area (TPSA) is 47.9 Å². The van der Waals surface area contributed by atoms with Crippen LogP contribution in [0.2, 0.25) is 0 Å². The highest BCUT2D eigenvalue weighted by atomic mass is 19.3. The van der Waals surface area contributed by atoms with Crippen molar-refractivity contribution in [2.24, 2.45) is 5.16 Å². The lowest BCUT2D eigenvalue weighted by Gasteiger charge is -1.92. The molecule has 58 valence electrons. The quantitative estimate of drug-likeness (QED) is 0.334. The number of methoxy groups -OCH3 is 1. The second kappa shape index (κ2) is 4.66. The molecular formula is C4H5F2NO3. The first-order chi connectivity index (χ1) is 4.66. The van der Waals surface area contributed by atoms with E-state index in [1.807, 2.05) is 0 Å². The number of ether oxygens (including phenoxy) is 1. The summed E-state index contributed by atoms with van der Waals surface area (Å²) in [6, 6.07) is 0. The molecule has 0 saturated carbocycles. The van der Waals surface area contributed by atoms with Crippen molar-refractivity contribution in [3.8, 4) is 0 Å². The van der Waals surface area contributed by atoms with Crippen LogP contribution in [0.3, 0.4) is 0 Å². The van der Waals surface area contributed by atoms with E-state index in [9.17, 15) is 13.6 Å². The average molecular weight is 153 g/mol. The second-order valence-corrected chi connectivity index (χ2v) is 1.12. The third-order valence-electron chi connectivity index (χ3n) is 0.500. The summed E-state index contributed by atoms with van der Waals surface area (Å²) in [4.78, 5) is 13.4. The van der Waals surface area contributed by atoms with Crippen molar-refractivity contribution in [2.45, 2.75) is 6.61 Å². The van der Waals surface area contributed by atoms with Gasteiger partial charge >= 0.3 is 12.6 Å². The number of alkyl halides is 2. The van der Waals surface area contributed by atoms with Gasteiger partial charge in [-0.05, 0) is 0 Å². The molecule has 0 aromatic rings. The fourth-order valence-corrected chi connectivity index (χ4v) is 0.172. The van der Waals surface area contributed by atoms with Crippen LogP contribution in [0.25, 0.3) is 0 Å². The van der Waals surface area contributed by atoms with E-state index < -0.39 is 12.6 Å². The molecule has 0 fully saturated rings. The van der Waals surface area contributed by atoms with Crippen molar-refractivity contribution in [3.05, 3.63) is 0 Å². The average Bonchev–Trinajstić information content (AvgIpc) is 1.87. The Morgan fingerprint density at radius 2 is 2.30 bits per heavy atom. The predicted octanol–water partition coefficient (Wildman–Crippen LogP) is 0.384. The number of oxime groups is 1. The first-order valence-electron chi connectivity index (χ1n) is 2.22. The minimum absolute atomic E-state index is 0.506. The number of esters is 1. The molecule has 0 aromatic carbocycles. The summed E-state index contributed by atoms with van der Waals surface area (Å²) >= 11 is 0. The summed E-state index contributed by atoms with van der Waals surface area (Å²) in [5.74, 6) is -0.847. The molecule has 0 unspecified atom stereocenters. The van der Waals surface area contributed by atoms with E-state index in [-0.39, 0.29) is 0 Å². The number of rotatable bonds is 3. The van der Waals surface area contributed by atoms with Crippen LogP contribution in [0.5, 0.6) is 0 Å². The lowest BCUT2D eigenvalue weighted by atomic mass is 10.8. The first kappa shape index (κ1) is 8.80. The minimum Gasteiger partial charge on any atom is -0.465 e. The third kappa shape index (κ3) is 4.95. The van der Waals surface area contributed by atoms with E-state index in [2.05, 4.69) is 14.7 Å². The van der Waals surface area contributed by atoms with Gasteiger partial charge in [0, 0.05) is 0 Å². The molecule has 0 aliphatic carbocycles. The third-order valence-corrected chi connectivity index (χ3v) is 0.500. The van der Waals surface area contributed by atoms with Gasteiger partial charge < -0.3 is 9.57 Å². The molecule has 4 nitrogen and oxygen atoms in total. The van der Waals surface area contributed by atoms with Crippen molar-refractivity contribution in [3.63, 3.8) is 0 Å². The molecule has 6 heteroatoms. The number of carbonyl (C=O) groups excluding carboxylic acids is 1. The Morgan fingerprint density at radius 1 is 1.70 bits per heavy atom. The van der Waals surface area contributed by atoms with E-state index in [4.69, 9.17) is 0 Å². The van der Waals surface area contributed by atoms with E-state index in [0.29, 0.717) is 6.21 Å². The van der Waals surface area contributed by atoms with Gasteiger partial charge in [-0.2, -0.15) is 8.78 Å². The standard InChI is InChI=1S/C4H5F2NO3/c1-9-3(8)2-7-10-4(5)6/h2,4H,1H3/b7-2+. The predicted molar refractivity (Wildman–Crippen MR) is 27.6 cm³/mol. The van der Waals surface area contributed by atoms with Gasteiger partial charge in [-0.1, -0.05) is 5.16 Å². The van der Waals surface area contributed by atoms with Crippen LogP contribution in [0.4, 0.5) is 8.78 Å². The van der Waals surface area contributed by atoms with Crippen molar-refractivity contribution in [2.75, 3.05) is 7.11 Å². The number of hydrogen-bond donors (Lipinski definition) is 0. The zero-order chi connectivity index (χ0) is 7.98. The van der Waals surface area contributed by atoms with Gasteiger partial charge in [0.1, 0.15) is 0 Å². The highest BCUT2D eigenvalue weighted by molar-refractivity contribution is 6.22. The van der Waals surface area contributed by atoms with Crippen LogP contribution in [0, 0.1) is 0 Å². The molecule has 0 spiro atoms. The number of carbonyl (C=O) groups is 1. The van der Waals surface area contributed by atoms with Crippen molar-refractivity contribution < 1.29 is 23.1 Å². The summed E-state index contributed by atoms with van der Waals surface area (Å²) in [6.45, 7) is -3.01. The van der Waals surface area contributed by atoms with Crippen LogP contribution >= 0.6 is 0 Å². The van der Waals surface area contributed by atoms with E-state index >= 15 is 0 Å². The molecule has 0 atom stereocenters. The van der Waals surface area contributed by atoms with Crippen LogP contribution in [-0.4, -0.2) is 25.9 Å². The monoisotopic (exact) mass is 153 g/mol. The van der Waals surface area contributed by atoms with Gasteiger partial charge in [0.15, 0.2) is 6.21 Å². The maximum atomic E-state index is 11.1. The highest BCUT2D eigenvalue weighted by Crippen LogP contribution is 1.92. The van der Waals surface area contributed by atoms with Gasteiger partial charge in [-0.25, -0.2) is 4.79 Å². The molecule has 0 radical (unpaired) electrons. The Balaban J connectivity index is 3.46. The molecule has 0 N–H and O–H groups in total. The smallest absolute Gasteiger partial charge is 0.407 e. The fourth-order valence-electron chi connectivity index (χ4n) is 0.172. The largest absolute Gasteiger partial charge is 0.465 e. The van der Waals surface area contributed by atoms with Crippen molar-refractivity contribution in [1.29, 1.82) is 0 Å². The Morgan fingerprint density at radius 3 is 2.70 bits per heavy atom. The Labute approximate surface area is 55.4 Å². The molecule has 0 rings (SSSR count). The van der Waals surface area contributed by atoms with Gasteiger partial charge in [0.25, 0.3) is 0 Å². The summed E-state index contributed by atoms with van der Waals surface area (Å²) in [5.41, 5.74) is 0. The van der Waals surface area contributed by atoms with E-state index in [1.54, 1.807) is 0 Å². The van der Waals surface area contributed by atoms with Gasteiger partial charge in [-0.15, -0.1) is 0 Å². The molecule has 0 aliphatic rings. The summed E-state index contributed by atoms with van der Waals surface area (Å²) in [7, 11) is 1.09. The van der Waals surface area contributed by atoms with Crippen LogP contribution < -0.4 is 0 Å². The lowest BCUT2D eigenvalue weighted by Crippen LogP contribution is -2.02. The molecule has 0 heterocycles. The van der Waals surface area contributed by atoms with Gasteiger partial charge in [-0.3, -0.25) is 0 Å². The maximum absolute atomic E-state index is 11.1. The second-order valence-electron chi connectivity index (χ2n) is 1.12. The van der Waals surface area contributed by atoms with Crippen molar-refractivity contribution in [1.82, 2.24) is 0 Å².